The molecule has 0 bridgehead atoms. The summed E-state index contributed by atoms with van der Waals surface area (Å²) in [6, 6.07) is 12.0. The van der Waals surface area contributed by atoms with Gasteiger partial charge in [0.1, 0.15) is 11.5 Å². The molecule has 0 aromatic heterocycles. The summed E-state index contributed by atoms with van der Waals surface area (Å²) in [5, 5.41) is 0. The van der Waals surface area contributed by atoms with E-state index in [1.165, 1.54) is 0 Å². The quantitative estimate of drug-likeness (QED) is 0.621. The third kappa shape index (κ3) is 2.40. The summed E-state index contributed by atoms with van der Waals surface area (Å²) in [5.74, 6) is 1.42. The van der Waals surface area contributed by atoms with E-state index in [1.807, 2.05) is 38.1 Å². The van der Waals surface area contributed by atoms with Gasteiger partial charge < -0.3 is 9.47 Å². The van der Waals surface area contributed by atoms with E-state index in [0.29, 0.717) is 6.42 Å². The molecule has 3 rings (SSSR count). The van der Waals surface area contributed by atoms with E-state index < -0.39 is 0 Å². The number of carbonyl (C=O) groups excluding carboxylic acids is 1. The Morgan fingerprint density at radius 1 is 1.10 bits per heavy atom. The lowest BCUT2D eigenvalue weighted by molar-refractivity contribution is -0.135. The molecule has 0 radical (unpaired) electrons. The zero-order chi connectivity index (χ0) is 15.0. The molecule has 0 spiro atoms. The van der Waals surface area contributed by atoms with Crippen LogP contribution in [0.2, 0.25) is 0 Å². The van der Waals surface area contributed by atoms with Gasteiger partial charge in [-0.25, -0.2) is 0 Å². The minimum absolute atomic E-state index is 0.0476. The molecule has 1 heterocycles. The third-order valence-electron chi connectivity index (χ3n) is 4.19. The van der Waals surface area contributed by atoms with Crippen LogP contribution in [-0.2, 0) is 4.79 Å². The molecule has 0 saturated heterocycles. The Morgan fingerprint density at radius 3 is 2.48 bits per heavy atom. The maximum Gasteiger partial charge on any atom is 0.312 e. The smallest absolute Gasteiger partial charge is 0.312 e. The van der Waals surface area contributed by atoms with Crippen LogP contribution in [-0.4, -0.2) is 13.1 Å². The highest BCUT2D eigenvalue weighted by Crippen LogP contribution is 2.41. The molecule has 0 amide bonds. The van der Waals surface area contributed by atoms with E-state index in [9.17, 15) is 4.79 Å². The van der Waals surface area contributed by atoms with Gasteiger partial charge in [0.25, 0.3) is 0 Å². The van der Waals surface area contributed by atoms with E-state index in [-0.39, 0.29) is 11.9 Å². The van der Waals surface area contributed by atoms with Gasteiger partial charge in [0.15, 0.2) is 0 Å². The average molecular weight is 282 g/mol. The van der Waals surface area contributed by atoms with Gasteiger partial charge in [-0.2, -0.15) is 0 Å². The van der Waals surface area contributed by atoms with Crippen LogP contribution in [0.3, 0.4) is 0 Å². The first kappa shape index (κ1) is 13.7. The number of hydrogen-bond donors (Lipinski definition) is 0. The van der Waals surface area contributed by atoms with Crippen molar-refractivity contribution in [2.24, 2.45) is 0 Å². The maximum atomic E-state index is 11.9. The Labute approximate surface area is 124 Å². The average Bonchev–Trinajstić information content (AvgIpc) is 2.51. The molecule has 0 saturated carbocycles. The van der Waals surface area contributed by atoms with Gasteiger partial charge >= 0.3 is 5.97 Å². The second-order valence-corrected chi connectivity index (χ2v) is 5.43. The molecule has 108 valence electrons. The van der Waals surface area contributed by atoms with E-state index in [1.54, 1.807) is 7.11 Å². The molecular formula is C18H18O3. The van der Waals surface area contributed by atoms with Crippen molar-refractivity contribution in [3.63, 3.8) is 0 Å². The standard InChI is InChI=1S/C18H18O3/c1-11-4-9-15-16(10-17(19)21-18(15)12(11)2)13-5-7-14(20-3)8-6-13/h4-9,16H,10H2,1-3H3/t16-/m0/s1. The molecule has 1 aliphatic rings. The summed E-state index contributed by atoms with van der Waals surface area (Å²) >= 11 is 0. The van der Waals surface area contributed by atoms with Gasteiger partial charge in [0.2, 0.25) is 0 Å². The number of hydrogen-bond acceptors (Lipinski definition) is 3. The van der Waals surface area contributed by atoms with Crippen molar-refractivity contribution in [1.82, 2.24) is 0 Å². The molecule has 2 aromatic rings. The van der Waals surface area contributed by atoms with Gasteiger partial charge in [-0.05, 0) is 42.7 Å². The monoisotopic (exact) mass is 282 g/mol. The van der Waals surface area contributed by atoms with Gasteiger partial charge in [-0.3, -0.25) is 4.79 Å². The number of aryl methyl sites for hydroxylation is 1. The van der Waals surface area contributed by atoms with Crippen LogP contribution in [0, 0.1) is 13.8 Å². The summed E-state index contributed by atoms with van der Waals surface area (Å²) in [4.78, 5) is 11.9. The molecule has 3 nitrogen and oxygen atoms in total. The van der Waals surface area contributed by atoms with Crippen molar-refractivity contribution in [2.75, 3.05) is 7.11 Å². The Kier molecular flexibility index (Phi) is 3.42. The van der Waals surface area contributed by atoms with E-state index in [2.05, 4.69) is 12.1 Å². The first-order valence-electron chi connectivity index (χ1n) is 7.05. The predicted octanol–water partition coefficient (Wildman–Crippen LogP) is 3.75. The second kappa shape index (κ2) is 5.24. The molecule has 1 aliphatic heterocycles. The lowest BCUT2D eigenvalue weighted by Gasteiger charge is -2.27. The van der Waals surface area contributed by atoms with Crippen LogP contribution in [0.15, 0.2) is 36.4 Å². The third-order valence-corrected chi connectivity index (χ3v) is 4.19. The fraction of sp³-hybridized carbons (Fsp3) is 0.278. The maximum absolute atomic E-state index is 11.9. The van der Waals surface area contributed by atoms with Crippen molar-refractivity contribution in [1.29, 1.82) is 0 Å². The molecular weight excluding hydrogens is 264 g/mol. The lowest BCUT2D eigenvalue weighted by Crippen LogP contribution is -2.22. The zero-order valence-electron chi connectivity index (χ0n) is 12.5. The van der Waals surface area contributed by atoms with Crippen molar-refractivity contribution in [3.8, 4) is 11.5 Å². The number of fused-ring (bicyclic) bond motifs is 1. The number of benzene rings is 2. The molecule has 3 heteroatoms. The number of ether oxygens (including phenoxy) is 2. The van der Waals surface area contributed by atoms with Gasteiger partial charge in [0, 0.05) is 11.5 Å². The first-order valence-corrected chi connectivity index (χ1v) is 7.05. The van der Waals surface area contributed by atoms with Gasteiger partial charge in [0.05, 0.1) is 13.5 Å². The molecule has 2 aromatic carbocycles. The van der Waals surface area contributed by atoms with Crippen LogP contribution in [0.1, 0.15) is 34.6 Å². The highest BCUT2D eigenvalue weighted by Gasteiger charge is 2.29. The summed E-state index contributed by atoms with van der Waals surface area (Å²) < 4.78 is 10.7. The van der Waals surface area contributed by atoms with E-state index >= 15 is 0 Å². The van der Waals surface area contributed by atoms with E-state index in [4.69, 9.17) is 9.47 Å². The molecule has 0 aliphatic carbocycles. The second-order valence-electron chi connectivity index (χ2n) is 5.43. The Bertz CT molecular complexity index is 686. The van der Waals surface area contributed by atoms with Crippen molar-refractivity contribution >= 4 is 5.97 Å². The zero-order valence-corrected chi connectivity index (χ0v) is 12.5. The lowest BCUT2D eigenvalue weighted by atomic mass is 9.84. The van der Waals surface area contributed by atoms with Gasteiger partial charge in [-0.15, -0.1) is 0 Å². The summed E-state index contributed by atoms with van der Waals surface area (Å²) in [6.07, 6.45) is 0.377. The highest BCUT2D eigenvalue weighted by atomic mass is 16.5. The first-order chi connectivity index (χ1) is 10.1. The number of methoxy groups -OCH3 is 1. The Balaban J connectivity index is 2.08. The fourth-order valence-electron chi connectivity index (χ4n) is 2.79. The van der Waals surface area contributed by atoms with Crippen LogP contribution in [0.25, 0.3) is 0 Å². The number of rotatable bonds is 2. The van der Waals surface area contributed by atoms with Crippen LogP contribution in [0.5, 0.6) is 11.5 Å². The van der Waals surface area contributed by atoms with Crippen molar-refractivity contribution < 1.29 is 14.3 Å². The Morgan fingerprint density at radius 2 is 1.81 bits per heavy atom. The Hall–Kier alpha value is -2.29. The fourth-order valence-corrected chi connectivity index (χ4v) is 2.79. The summed E-state index contributed by atoms with van der Waals surface area (Å²) in [6.45, 7) is 4.03. The SMILES string of the molecule is COc1ccc([C@@H]2CC(=O)Oc3c2ccc(C)c3C)cc1. The predicted molar refractivity (Wildman–Crippen MR) is 81.0 cm³/mol. The van der Waals surface area contributed by atoms with Crippen molar-refractivity contribution in [2.45, 2.75) is 26.2 Å². The molecule has 1 atom stereocenters. The molecule has 21 heavy (non-hydrogen) atoms. The highest BCUT2D eigenvalue weighted by molar-refractivity contribution is 5.78. The molecule has 0 fully saturated rings. The van der Waals surface area contributed by atoms with Crippen molar-refractivity contribution in [3.05, 3.63) is 58.7 Å². The summed E-state index contributed by atoms with van der Waals surface area (Å²) in [5.41, 5.74) is 4.37. The minimum atomic E-state index is -0.169. The normalized spacial score (nSPS) is 17.1. The molecule has 0 unspecified atom stereocenters. The van der Waals surface area contributed by atoms with Gasteiger partial charge in [-0.1, -0.05) is 24.3 Å². The summed E-state index contributed by atoms with van der Waals surface area (Å²) in [7, 11) is 1.65. The van der Waals surface area contributed by atoms with Crippen LogP contribution in [0.4, 0.5) is 0 Å². The topological polar surface area (TPSA) is 35.5 Å². The van der Waals surface area contributed by atoms with E-state index in [0.717, 1.165) is 33.8 Å². The number of carbonyl (C=O) groups is 1. The largest absolute Gasteiger partial charge is 0.497 e. The number of esters is 1. The van der Waals surface area contributed by atoms with Crippen LogP contribution >= 0.6 is 0 Å². The minimum Gasteiger partial charge on any atom is -0.497 e. The molecule has 0 N–H and O–H groups in total. The van der Waals surface area contributed by atoms with Crippen LogP contribution < -0.4 is 9.47 Å².